The zero-order valence-electron chi connectivity index (χ0n) is 31.0. The smallest absolute Gasteiger partial charge is 0.154 e. The number of aromatic nitrogens is 1. The summed E-state index contributed by atoms with van der Waals surface area (Å²) in [5, 5.41) is 6.68. The molecule has 0 saturated heterocycles. The van der Waals surface area contributed by atoms with Crippen LogP contribution in [0.15, 0.2) is 217 Å². The van der Waals surface area contributed by atoms with Gasteiger partial charge in [-0.3, -0.25) is 0 Å². The SMILES string of the molecule is c1ccc(-c2cccc(N(c3ccc4ccccc4c3)c3ccc4oc5cc6ccccc6nc5c4c3N(c3ccccc3)c3ccc4ccccc4c3)c2)cc1. The fraction of sp³-hybridized carbons (Fsp3) is 0. The number of hydrogen-bond donors (Lipinski definition) is 0. The second kappa shape index (κ2) is 13.6. The Morgan fingerprint density at radius 1 is 0.351 bits per heavy atom. The summed E-state index contributed by atoms with van der Waals surface area (Å²) in [4.78, 5) is 10.1. The van der Waals surface area contributed by atoms with Crippen molar-refractivity contribution in [2.75, 3.05) is 9.80 Å². The Balaban J connectivity index is 1.28. The second-order valence-corrected chi connectivity index (χ2v) is 14.4. The van der Waals surface area contributed by atoms with Crippen LogP contribution >= 0.6 is 0 Å². The van der Waals surface area contributed by atoms with Crippen LogP contribution in [0.1, 0.15) is 0 Å². The lowest BCUT2D eigenvalue weighted by Gasteiger charge is -2.34. The van der Waals surface area contributed by atoms with Crippen molar-refractivity contribution in [3.63, 3.8) is 0 Å². The van der Waals surface area contributed by atoms with Gasteiger partial charge in [-0.2, -0.15) is 0 Å². The third-order valence-electron chi connectivity index (χ3n) is 10.9. The van der Waals surface area contributed by atoms with Crippen LogP contribution in [0, 0.1) is 0 Å². The van der Waals surface area contributed by atoms with Gasteiger partial charge < -0.3 is 14.2 Å². The third-order valence-corrected chi connectivity index (χ3v) is 10.9. The van der Waals surface area contributed by atoms with E-state index in [4.69, 9.17) is 9.40 Å². The lowest BCUT2D eigenvalue weighted by molar-refractivity contribution is 0.669. The van der Waals surface area contributed by atoms with Crippen LogP contribution in [0.3, 0.4) is 0 Å². The van der Waals surface area contributed by atoms with E-state index in [0.717, 1.165) is 89.0 Å². The number of fused-ring (bicyclic) bond motifs is 6. The van der Waals surface area contributed by atoms with Gasteiger partial charge in [-0.25, -0.2) is 4.98 Å². The molecule has 0 bridgehead atoms. The first-order valence-electron chi connectivity index (χ1n) is 19.3. The predicted molar refractivity (Wildman–Crippen MR) is 239 cm³/mol. The Hall–Kier alpha value is -7.69. The molecule has 0 aliphatic carbocycles. The highest BCUT2D eigenvalue weighted by molar-refractivity contribution is 6.18. The van der Waals surface area contributed by atoms with Crippen molar-refractivity contribution in [1.29, 1.82) is 0 Å². The molecule has 0 fully saturated rings. The van der Waals surface area contributed by atoms with Gasteiger partial charge in [-0.1, -0.05) is 140 Å². The molecule has 2 heterocycles. The molecule has 268 valence electrons. The highest BCUT2D eigenvalue weighted by Crippen LogP contribution is 2.52. The molecule has 0 aliphatic heterocycles. The molecule has 4 nitrogen and oxygen atoms in total. The maximum atomic E-state index is 6.77. The largest absolute Gasteiger partial charge is 0.454 e. The molecule has 2 aromatic heterocycles. The number of furan rings is 1. The minimum atomic E-state index is 0.747. The average Bonchev–Trinajstić information content (AvgIpc) is 3.64. The summed E-state index contributed by atoms with van der Waals surface area (Å²) < 4.78 is 6.77. The predicted octanol–water partition coefficient (Wildman–Crippen LogP) is 15.0. The van der Waals surface area contributed by atoms with Crippen molar-refractivity contribution in [2.45, 2.75) is 0 Å². The van der Waals surface area contributed by atoms with Gasteiger partial charge >= 0.3 is 0 Å². The minimum absolute atomic E-state index is 0.747. The highest BCUT2D eigenvalue weighted by atomic mass is 16.3. The van der Waals surface area contributed by atoms with Crippen LogP contribution < -0.4 is 9.80 Å². The Kier molecular flexibility index (Phi) is 7.78. The number of rotatable bonds is 7. The fourth-order valence-corrected chi connectivity index (χ4v) is 8.25. The zero-order valence-corrected chi connectivity index (χ0v) is 31.0. The normalized spacial score (nSPS) is 11.5. The van der Waals surface area contributed by atoms with Crippen LogP contribution in [0.2, 0.25) is 0 Å². The van der Waals surface area contributed by atoms with E-state index in [9.17, 15) is 0 Å². The highest BCUT2D eigenvalue weighted by Gasteiger charge is 2.28. The lowest BCUT2D eigenvalue weighted by Crippen LogP contribution is -2.17. The molecule has 0 spiro atoms. The Bertz CT molecular complexity index is 3260. The lowest BCUT2D eigenvalue weighted by atomic mass is 10.0. The number of para-hydroxylation sites is 2. The summed E-state index contributed by atoms with van der Waals surface area (Å²) in [6, 6.07) is 75.3. The van der Waals surface area contributed by atoms with Gasteiger partial charge in [0.2, 0.25) is 0 Å². The molecule has 9 aromatic carbocycles. The summed E-state index contributed by atoms with van der Waals surface area (Å²) in [5.74, 6) is 0. The zero-order chi connectivity index (χ0) is 37.7. The summed E-state index contributed by atoms with van der Waals surface area (Å²) in [6.07, 6.45) is 0. The average molecular weight is 730 g/mol. The standard InChI is InChI=1S/C53H35N3O/c1-3-14-36(15-4-1)41-21-13-24-44(32-41)55(45-28-26-37-16-7-9-18-39(37)33-45)48-30-31-49-51(52-50(57-49)35-42-20-11-12-25-47(42)54-52)53(48)56(43-22-5-2-6-23-43)46-29-27-38-17-8-10-19-40(38)34-46/h1-35H. The summed E-state index contributed by atoms with van der Waals surface area (Å²) >= 11 is 0. The van der Waals surface area contributed by atoms with E-state index >= 15 is 0 Å². The molecular weight excluding hydrogens is 695 g/mol. The minimum Gasteiger partial charge on any atom is -0.454 e. The van der Waals surface area contributed by atoms with E-state index in [1.165, 1.54) is 10.8 Å². The summed E-state index contributed by atoms with van der Waals surface area (Å²) in [5.41, 5.74) is 11.6. The van der Waals surface area contributed by atoms with Crippen LogP contribution in [0.25, 0.3) is 65.6 Å². The van der Waals surface area contributed by atoms with Gasteiger partial charge in [0.25, 0.3) is 0 Å². The maximum absolute atomic E-state index is 6.77. The molecule has 0 unspecified atom stereocenters. The van der Waals surface area contributed by atoms with Gasteiger partial charge in [0.1, 0.15) is 11.1 Å². The molecule has 11 rings (SSSR count). The van der Waals surface area contributed by atoms with Gasteiger partial charge in [0, 0.05) is 28.1 Å². The number of nitrogens with zero attached hydrogens (tertiary/aromatic N) is 3. The molecule has 0 atom stereocenters. The molecule has 4 heteroatoms. The second-order valence-electron chi connectivity index (χ2n) is 14.4. The van der Waals surface area contributed by atoms with Crippen molar-refractivity contribution >= 4 is 88.6 Å². The summed E-state index contributed by atoms with van der Waals surface area (Å²) in [7, 11) is 0. The Morgan fingerprint density at radius 3 is 1.63 bits per heavy atom. The first-order chi connectivity index (χ1) is 28.2. The summed E-state index contributed by atoms with van der Waals surface area (Å²) in [6.45, 7) is 0. The molecule has 0 saturated carbocycles. The Labute approximate surface area is 330 Å². The fourth-order valence-electron chi connectivity index (χ4n) is 8.25. The monoisotopic (exact) mass is 729 g/mol. The first-order valence-corrected chi connectivity index (χ1v) is 19.3. The van der Waals surface area contributed by atoms with Crippen molar-refractivity contribution in [3.05, 3.63) is 212 Å². The number of pyridine rings is 1. The number of hydrogen-bond acceptors (Lipinski definition) is 4. The van der Waals surface area contributed by atoms with E-state index in [-0.39, 0.29) is 0 Å². The van der Waals surface area contributed by atoms with E-state index in [0.29, 0.717) is 0 Å². The van der Waals surface area contributed by atoms with E-state index in [2.05, 4.69) is 210 Å². The van der Waals surface area contributed by atoms with Crippen LogP contribution in [0.4, 0.5) is 34.1 Å². The quantitative estimate of drug-likeness (QED) is 0.163. The van der Waals surface area contributed by atoms with Gasteiger partial charge in [0.15, 0.2) is 5.58 Å². The van der Waals surface area contributed by atoms with Crippen molar-refractivity contribution in [3.8, 4) is 11.1 Å². The van der Waals surface area contributed by atoms with E-state index in [1.807, 2.05) is 12.1 Å². The third kappa shape index (κ3) is 5.74. The van der Waals surface area contributed by atoms with Crippen LogP contribution in [-0.2, 0) is 0 Å². The van der Waals surface area contributed by atoms with Crippen molar-refractivity contribution in [2.24, 2.45) is 0 Å². The van der Waals surface area contributed by atoms with Gasteiger partial charge in [0.05, 0.1) is 22.3 Å². The Morgan fingerprint density at radius 2 is 0.912 bits per heavy atom. The van der Waals surface area contributed by atoms with Crippen LogP contribution in [-0.4, -0.2) is 4.98 Å². The number of benzene rings is 9. The van der Waals surface area contributed by atoms with Crippen molar-refractivity contribution < 1.29 is 4.42 Å². The number of anilines is 6. The molecule has 0 radical (unpaired) electrons. The molecular formula is C53H35N3O. The first kappa shape index (κ1) is 32.7. The van der Waals surface area contributed by atoms with Crippen molar-refractivity contribution in [1.82, 2.24) is 4.98 Å². The van der Waals surface area contributed by atoms with Crippen LogP contribution in [0.5, 0.6) is 0 Å². The molecule has 11 aromatic rings. The van der Waals surface area contributed by atoms with E-state index < -0.39 is 0 Å². The molecule has 57 heavy (non-hydrogen) atoms. The topological polar surface area (TPSA) is 32.5 Å². The molecule has 0 amide bonds. The molecule has 0 N–H and O–H groups in total. The van der Waals surface area contributed by atoms with E-state index in [1.54, 1.807) is 0 Å². The van der Waals surface area contributed by atoms with Gasteiger partial charge in [-0.15, -0.1) is 0 Å². The molecule has 0 aliphatic rings. The maximum Gasteiger partial charge on any atom is 0.154 e. The van der Waals surface area contributed by atoms with Gasteiger partial charge in [-0.05, 0) is 105 Å².